The third-order valence-corrected chi connectivity index (χ3v) is 30.2. The SMILES string of the molecule is CC(=O)C(C[C@@H](O[Si](C)(C)C(C)(C)C)[C@H](C)[C@H](O[Si](C)(C)C(C)(C)C)[C@H](C)/C=C(\C)CO[Si](C)(C)C(C)(C)C)O[Si](C)(C)C(C)(C)C. The van der Waals surface area contributed by atoms with Crippen molar-refractivity contribution in [2.75, 3.05) is 6.61 Å². The van der Waals surface area contributed by atoms with E-state index < -0.39 is 39.4 Å². The Morgan fingerprint density at radius 2 is 0.957 bits per heavy atom. The van der Waals surface area contributed by atoms with Gasteiger partial charge in [0.25, 0.3) is 0 Å². The molecule has 0 aliphatic rings. The Labute approximate surface area is 298 Å². The van der Waals surface area contributed by atoms with E-state index >= 15 is 0 Å². The first-order valence-electron chi connectivity index (χ1n) is 18.3. The second-order valence-corrected chi connectivity index (χ2v) is 39.8. The fourth-order valence-corrected chi connectivity index (χ4v) is 9.72. The Balaban J connectivity index is 7.05. The van der Waals surface area contributed by atoms with Gasteiger partial charge in [0.15, 0.2) is 39.1 Å². The fraction of sp³-hybridized carbons (Fsp3) is 0.921. The Morgan fingerprint density at radius 3 is 1.32 bits per heavy atom. The molecule has 0 saturated carbocycles. The summed E-state index contributed by atoms with van der Waals surface area (Å²) in [6.07, 6.45) is 2.13. The van der Waals surface area contributed by atoms with Gasteiger partial charge in [0, 0.05) is 12.3 Å². The molecule has 0 amide bonds. The minimum Gasteiger partial charge on any atom is -0.413 e. The lowest BCUT2D eigenvalue weighted by Crippen LogP contribution is -2.53. The summed E-state index contributed by atoms with van der Waals surface area (Å²) in [5.74, 6) is 0.243. The van der Waals surface area contributed by atoms with Gasteiger partial charge in [-0.05, 0) is 92.3 Å². The monoisotopic (exact) mass is 731 g/mol. The number of ketones is 1. The van der Waals surface area contributed by atoms with E-state index in [1.54, 1.807) is 6.92 Å². The average Bonchev–Trinajstić information content (AvgIpc) is 2.81. The van der Waals surface area contributed by atoms with E-state index in [-0.39, 0.29) is 50.0 Å². The number of rotatable bonds is 16. The predicted molar refractivity (Wildman–Crippen MR) is 217 cm³/mol. The van der Waals surface area contributed by atoms with Crippen LogP contribution in [0.3, 0.4) is 0 Å². The molecule has 1 unspecified atom stereocenters. The second-order valence-electron chi connectivity index (χ2n) is 20.8. The average molecular weight is 731 g/mol. The van der Waals surface area contributed by atoms with E-state index in [0.717, 1.165) is 0 Å². The highest BCUT2D eigenvalue weighted by atomic mass is 28.4. The molecule has 0 spiro atoms. The van der Waals surface area contributed by atoms with Crippen LogP contribution in [-0.4, -0.2) is 64.0 Å². The van der Waals surface area contributed by atoms with Gasteiger partial charge < -0.3 is 17.7 Å². The largest absolute Gasteiger partial charge is 0.413 e. The summed E-state index contributed by atoms with van der Waals surface area (Å²) in [6, 6.07) is 0. The molecule has 0 saturated heterocycles. The predicted octanol–water partition coefficient (Wildman–Crippen LogP) is 12.4. The molecule has 0 aliphatic heterocycles. The van der Waals surface area contributed by atoms with E-state index in [4.69, 9.17) is 17.7 Å². The van der Waals surface area contributed by atoms with Gasteiger partial charge in [0.2, 0.25) is 0 Å². The maximum atomic E-state index is 13.3. The van der Waals surface area contributed by atoms with E-state index in [1.165, 1.54) is 5.57 Å². The van der Waals surface area contributed by atoms with Crippen LogP contribution >= 0.6 is 0 Å². The van der Waals surface area contributed by atoms with Crippen molar-refractivity contribution in [2.24, 2.45) is 11.8 Å². The van der Waals surface area contributed by atoms with Gasteiger partial charge in [-0.25, -0.2) is 0 Å². The van der Waals surface area contributed by atoms with Crippen molar-refractivity contribution in [3.8, 4) is 0 Å². The molecule has 9 heteroatoms. The Kier molecular flexibility index (Phi) is 16.2. The zero-order valence-electron chi connectivity index (χ0n) is 35.9. The van der Waals surface area contributed by atoms with Gasteiger partial charge in [0.1, 0.15) is 6.10 Å². The summed E-state index contributed by atoms with van der Waals surface area (Å²) < 4.78 is 28.2. The number of Topliss-reactive ketones (excluding diaryl/α,β-unsaturated/α-hetero) is 1. The molecule has 0 N–H and O–H groups in total. The molecule has 280 valence electrons. The zero-order chi connectivity index (χ0) is 38.0. The highest BCUT2D eigenvalue weighted by Crippen LogP contribution is 2.44. The molecule has 0 heterocycles. The summed E-state index contributed by atoms with van der Waals surface area (Å²) >= 11 is 0. The molecule has 0 radical (unpaired) electrons. The Hall–Kier alpha value is 0.118. The number of hydrogen-bond acceptors (Lipinski definition) is 5. The smallest absolute Gasteiger partial charge is 0.193 e. The highest BCUT2D eigenvalue weighted by Gasteiger charge is 2.47. The van der Waals surface area contributed by atoms with E-state index in [1.807, 2.05) is 0 Å². The topological polar surface area (TPSA) is 54.0 Å². The van der Waals surface area contributed by atoms with E-state index in [0.29, 0.717) is 13.0 Å². The summed E-state index contributed by atoms with van der Waals surface area (Å²) in [5, 5.41) is 0.239. The van der Waals surface area contributed by atoms with Crippen molar-refractivity contribution < 1.29 is 22.5 Å². The molecule has 5 atom stereocenters. The Morgan fingerprint density at radius 1 is 0.596 bits per heavy atom. The van der Waals surface area contributed by atoms with Gasteiger partial charge in [0.05, 0.1) is 18.8 Å². The third-order valence-electron chi connectivity index (χ3n) is 12.3. The lowest BCUT2D eigenvalue weighted by atomic mass is 9.86. The fourth-order valence-electron chi connectivity index (χ4n) is 4.49. The first kappa shape index (κ1) is 47.1. The van der Waals surface area contributed by atoms with Crippen molar-refractivity contribution in [3.05, 3.63) is 11.6 Å². The van der Waals surface area contributed by atoms with Gasteiger partial charge in [-0.3, -0.25) is 4.79 Å². The maximum absolute atomic E-state index is 13.3. The van der Waals surface area contributed by atoms with Crippen molar-refractivity contribution >= 4 is 39.1 Å². The molecule has 0 fully saturated rings. The molecule has 0 bridgehead atoms. The summed E-state index contributed by atoms with van der Waals surface area (Å²) in [6.45, 7) is 54.9. The minimum atomic E-state index is -2.22. The number of hydrogen-bond donors (Lipinski definition) is 0. The van der Waals surface area contributed by atoms with Crippen LogP contribution in [0, 0.1) is 11.8 Å². The van der Waals surface area contributed by atoms with Gasteiger partial charge in [-0.15, -0.1) is 0 Å². The van der Waals surface area contributed by atoms with Gasteiger partial charge in [-0.1, -0.05) is 109 Å². The van der Waals surface area contributed by atoms with Crippen LogP contribution in [0.1, 0.15) is 117 Å². The summed E-state index contributed by atoms with van der Waals surface area (Å²) in [4.78, 5) is 13.3. The zero-order valence-corrected chi connectivity index (χ0v) is 39.9. The van der Waals surface area contributed by atoms with Crippen LogP contribution in [0.2, 0.25) is 72.5 Å². The maximum Gasteiger partial charge on any atom is 0.193 e. The van der Waals surface area contributed by atoms with Crippen molar-refractivity contribution in [3.63, 3.8) is 0 Å². The lowest BCUT2D eigenvalue weighted by Gasteiger charge is -2.47. The molecular formula is C38H82O5Si4. The first-order chi connectivity index (χ1) is 20.4. The van der Waals surface area contributed by atoms with Crippen LogP contribution in [0.15, 0.2) is 11.6 Å². The van der Waals surface area contributed by atoms with E-state index in [2.05, 4.69) is 162 Å². The van der Waals surface area contributed by atoms with E-state index in [9.17, 15) is 4.79 Å². The third kappa shape index (κ3) is 13.6. The van der Waals surface area contributed by atoms with Crippen LogP contribution < -0.4 is 0 Å². The van der Waals surface area contributed by atoms with Gasteiger partial charge >= 0.3 is 0 Å². The normalized spacial score (nSPS) is 18.5. The molecule has 0 aliphatic carbocycles. The molecule has 0 aromatic rings. The molecular weight excluding hydrogens is 649 g/mol. The quantitative estimate of drug-likeness (QED) is 0.117. The molecule has 0 aromatic carbocycles. The van der Waals surface area contributed by atoms with Crippen LogP contribution in [0.25, 0.3) is 0 Å². The van der Waals surface area contributed by atoms with Crippen LogP contribution in [-0.2, 0) is 22.5 Å². The molecule has 5 nitrogen and oxygen atoms in total. The van der Waals surface area contributed by atoms with Crippen LogP contribution in [0.5, 0.6) is 0 Å². The number of carbonyl (C=O) groups excluding carboxylic acids is 1. The van der Waals surface area contributed by atoms with Crippen molar-refractivity contribution in [1.82, 2.24) is 0 Å². The van der Waals surface area contributed by atoms with Crippen molar-refractivity contribution in [2.45, 2.75) is 208 Å². The first-order valence-corrected chi connectivity index (χ1v) is 29.9. The van der Waals surface area contributed by atoms with Crippen LogP contribution in [0.4, 0.5) is 0 Å². The second kappa shape index (κ2) is 16.2. The van der Waals surface area contributed by atoms with Crippen molar-refractivity contribution in [1.29, 1.82) is 0 Å². The summed E-state index contributed by atoms with van der Waals surface area (Å²) in [7, 11) is -8.48. The molecule has 47 heavy (non-hydrogen) atoms. The standard InChI is InChI=1S/C38H82O5Si4/c1-28(27-40-44(17,18)35(5,6)7)25-29(2)34(43-47(23,24)38(14,15)16)30(3)32(41-45(19,20)36(8,9)10)26-33(31(4)39)42-46(21,22)37(11,12)13/h25,29-30,32-34H,26-27H2,1-24H3/b28-25+/t29-,30+,32-,33?,34-/m1/s1. The Bertz CT molecular complexity index is 1040. The number of carbonyl (C=O) groups is 1. The van der Waals surface area contributed by atoms with Gasteiger partial charge in [-0.2, -0.15) is 0 Å². The lowest BCUT2D eigenvalue weighted by molar-refractivity contribution is -0.126. The summed E-state index contributed by atoms with van der Waals surface area (Å²) in [5.41, 5.74) is 1.24. The molecule has 0 aromatic heterocycles. The minimum absolute atomic E-state index is 0.000597. The molecule has 0 rings (SSSR count). The highest BCUT2D eigenvalue weighted by molar-refractivity contribution is 6.75.